The molecule has 0 spiro atoms. The molecule has 2 amide bonds. The number of benzene rings is 1. The van der Waals surface area contributed by atoms with E-state index in [0.29, 0.717) is 0 Å². The molecule has 1 saturated heterocycles. The summed E-state index contributed by atoms with van der Waals surface area (Å²) >= 11 is 0. The fraction of sp³-hybridized carbons (Fsp3) is 0.667. The van der Waals surface area contributed by atoms with Crippen molar-refractivity contribution in [1.29, 1.82) is 0 Å². The summed E-state index contributed by atoms with van der Waals surface area (Å²) in [5.74, 6) is 0.720. The first-order valence-corrected chi connectivity index (χ1v) is 9.84. The van der Waals surface area contributed by atoms with Crippen LogP contribution in [0, 0.1) is 5.92 Å². The molecule has 4 nitrogen and oxygen atoms in total. The average Bonchev–Trinajstić information content (AvgIpc) is 2.86. The van der Waals surface area contributed by atoms with Crippen LogP contribution in [0.1, 0.15) is 65.7 Å². The summed E-state index contributed by atoms with van der Waals surface area (Å²) in [7, 11) is 0. The maximum absolute atomic E-state index is 13.1. The maximum Gasteiger partial charge on any atom is 0.324 e. The van der Waals surface area contributed by atoms with Gasteiger partial charge in [0.1, 0.15) is 5.72 Å². The van der Waals surface area contributed by atoms with Crippen molar-refractivity contribution in [2.24, 2.45) is 5.92 Å². The molecule has 4 heteroatoms. The number of anilines is 1. The Morgan fingerprint density at radius 3 is 2.52 bits per heavy atom. The fourth-order valence-corrected chi connectivity index (χ4v) is 4.55. The first kappa shape index (κ1) is 18.2. The van der Waals surface area contributed by atoms with E-state index in [9.17, 15) is 4.79 Å². The molecule has 1 aliphatic carbocycles. The minimum atomic E-state index is -0.571. The van der Waals surface area contributed by atoms with Crippen molar-refractivity contribution in [1.82, 2.24) is 4.90 Å². The lowest BCUT2D eigenvalue weighted by Gasteiger charge is -2.36. The zero-order chi connectivity index (χ0) is 17.9. The van der Waals surface area contributed by atoms with Crippen LogP contribution in [0.5, 0.6) is 0 Å². The van der Waals surface area contributed by atoms with Crippen molar-refractivity contribution in [2.45, 2.75) is 83.6 Å². The SMILES string of the molecule is CCC1OC(C)(C)N(C(=O)Nc2ccccc2)C1CC1CCCCC1. The lowest BCUT2D eigenvalue weighted by atomic mass is 9.83. The molecule has 1 aliphatic heterocycles. The molecule has 138 valence electrons. The predicted octanol–water partition coefficient (Wildman–Crippen LogP) is 5.40. The Balaban J connectivity index is 1.77. The standard InChI is InChI=1S/C21H32N2O2/c1-4-19-18(15-16-11-7-5-8-12-16)23(21(2,3)25-19)20(24)22-17-13-9-6-10-14-17/h6,9-10,13-14,16,18-19H,4-5,7-8,11-12,15H2,1-3H3,(H,22,24). The summed E-state index contributed by atoms with van der Waals surface area (Å²) in [6.45, 7) is 6.19. The van der Waals surface area contributed by atoms with E-state index in [1.807, 2.05) is 49.1 Å². The van der Waals surface area contributed by atoms with Gasteiger partial charge in [-0.15, -0.1) is 0 Å². The first-order valence-electron chi connectivity index (χ1n) is 9.84. The highest BCUT2D eigenvalue weighted by Crippen LogP contribution is 2.39. The molecular formula is C21H32N2O2. The van der Waals surface area contributed by atoms with Crippen LogP contribution >= 0.6 is 0 Å². The van der Waals surface area contributed by atoms with Gasteiger partial charge >= 0.3 is 6.03 Å². The Hall–Kier alpha value is -1.55. The van der Waals surface area contributed by atoms with Crippen molar-refractivity contribution in [3.05, 3.63) is 30.3 Å². The van der Waals surface area contributed by atoms with Crippen LogP contribution in [0.4, 0.5) is 10.5 Å². The number of ether oxygens (including phenoxy) is 1. The van der Waals surface area contributed by atoms with Crippen LogP contribution in [0.15, 0.2) is 30.3 Å². The van der Waals surface area contributed by atoms with Gasteiger partial charge in [0.25, 0.3) is 0 Å². The summed E-state index contributed by atoms with van der Waals surface area (Å²) in [5.41, 5.74) is 0.262. The van der Waals surface area contributed by atoms with E-state index in [0.717, 1.165) is 24.4 Å². The van der Waals surface area contributed by atoms with E-state index in [-0.39, 0.29) is 18.2 Å². The minimum absolute atomic E-state index is 0.0482. The van der Waals surface area contributed by atoms with E-state index >= 15 is 0 Å². The number of urea groups is 1. The number of carbonyl (C=O) groups is 1. The molecule has 2 atom stereocenters. The molecular weight excluding hydrogens is 312 g/mol. The quantitative estimate of drug-likeness (QED) is 0.794. The highest BCUT2D eigenvalue weighted by atomic mass is 16.5. The summed E-state index contributed by atoms with van der Waals surface area (Å²) in [6.07, 6.45) is 8.73. The van der Waals surface area contributed by atoms with Gasteiger partial charge in [-0.3, -0.25) is 4.90 Å². The van der Waals surface area contributed by atoms with Crippen LogP contribution in [0.2, 0.25) is 0 Å². The zero-order valence-electron chi connectivity index (χ0n) is 15.8. The predicted molar refractivity (Wildman–Crippen MR) is 102 cm³/mol. The highest BCUT2D eigenvalue weighted by Gasteiger charge is 2.49. The molecule has 1 heterocycles. The van der Waals surface area contributed by atoms with E-state index in [1.54, 1.807) is 0 Å². The smallest absolute Gasteiger partial charge is 0.324 e. The lowest BCUT2D eigenvalue weighted by molar-refractivity contribution is -0.0594. The van der Waals surface area contributed by atoms with Gasteiger partial charge in [0.05, 0.1) is 12.1 Å². The number of nitrogens with zero attached hydrogens (tertiary/aromatic N) is 1. The van der Waals surface area contributed by atoms with Crippen molar-refractivity contribution < 1.29 is 9.53 Å². The van der Waals surface area contributed by atoms with Gasteiger partial charge in [-0.25, -0.2) is 4.79 Å². The van der Waals surface area contributed by atoms with Gasteiger partial charge < -0.3 is 10.1 Å². The monoisotopic (exact) mass is 344 g/mol. The Labute approximate surface area is 151 Å². The number of nitrogens with one attached hydrogen (secondary N) is 1. The zero-order valence-corrected chi connectivity index (χ0v) is 15.8. The summed E-state index contributed by atoms with van der Waals surface area (Å²) in [4.78, 5) is 15.0. The normalized spacial score (nSPS) is 26.6. The Bertz CT molecular complexity index is 567. The van der Waals surface area contributed by atoms with Crippen molar-refractivity contribution in [2.75, 3.05) is 5.32 Å². The molecule has 1 aromatic carbocycles. The van der Waals surface area contributed by atoms with Gasteiger partial charge in [0.2, 0.25) is 0 Å². The highest BCUT2D eigenvalue weighted by molar-refractivity contribution is 5.90. The molecule has 0 radical (unpaired) electrons. The Kier molecular flexibility index (Phi) is 5.67. The molecule has 0 bridgehead atoms. The molecule has 2 aliphatic rings. The third kappa shape index (κ3) is 4.17. The second-order valence-corrected chi connectivity index (χ2v) is 7.98. The van der Waals surface area contributed by atoms with Crippen molar-refractivity contribution in [3.8, 4) is 0 Å². The molecule has 2 unspecified atom stereocenters. The van der Waals surface area contributed by atoms with E-state index < -0.39 is 5.72 Å². The second-order valence-electron chi connectivity index (χ2n) is 7.98. The summed E-state index contributed by atoms with van der Waals surface area (Å²) in [6, 6.07) is 9.80. The Morgan fingerprint density at radius 2 is 1.88 bits per heavy atom. The number of carbonyl (C=O) groups excluding carboxylic acids is 1. The maximum atomic E-state index is 13.1. The van der Waals surface area contributed by atoms with Gasteiger partial charge in [-0.1, -0.05) is 57.2 Å². The average molecular weight is 344 g/mol. The fourth-order valence-electron chi connectivity index (χ4n) is 4.55. The van der Waals surface area contributed by atoms with Gasteiger partial charge in [0.15, 0.2) is 0 Å². The Morgan fingerprint density at radius 1 is 1.20 bits per heavy atom. The van der Waals surface area contributed by atoms with Gasteiger partial charge in [-0.05, 0) is 44.7 Å². The number of amides is 2. The number of hydrogen-bond donors (Lipinski definition) is 1. The largest absolute Gasteiger partial charge is 0.351 e. The number of hydrogen-bond acceptors (Lipinski definition) is 2. The molecule has 1 N–H and O–H groups in total. The third-order valence-electron chi connectivity index (χ3n) is 5.73. The van der Waals surface area contributed by atoms with E-state index in [4.69, 9.17) is 4.74 Å². The molecule has 1 aromatic rings. The summed E-state index contributed by atoms with van der Waals surface area (Å²) in [5, 5.41) is 3.06. The molecule has 2 fully saturated rings. The van der Waals surface area contributed by atoms with Crippen LogP contribution in [-0.4, -0.2) is 28.8 Å². The van der Waals surface area contributed by atoms with Crippen molar-refractivity contribution >= 4 is 11.7 Å². The van der Waals surface area contributed by atoms with Crippen LogP contribution in [-0.2, 0) is 4.74 Å². The summed E-state index contributed by atoms with van der Waals surface area (Å²) < 4.78 is 6.29. The molecule has 1 saturated carbocycles. The first-order chi connectivity index (χ1) is 12.0. The van der Waals surface area contributed by atoms with Crippen LogP contribution < -0.4 is 5.32 Å². The minimum Gasteiger partial charge on any atom is -0.351 e. The molecule has 3 rings (SSSR count). The number of rotatable bonds is 4. The molecule has 25 heavy (non-hydrogen) atoms. The molecule has 0 aromatic heterocycles. The van der Waals surface area contributed by atoms with Crippen LogP contribution in [0.3, 0.4) is 0 Å². The van der Waals surface area contributed by atoms with Gasteiger partial charge in [-0.2, -0.15) is 0 Å². The van der Waals surface area contributed by atoms with Gasteiger partial charge in [0, 0.05) is 5.69 Å². The van der Waals surface area contributed by atoms with E-state index in [1.165, 1.54) is 32.1 Å². The second kappa shape index (κ2) is 7.77. The van der Waals surface area contributed by atoms with E-state index in [2.05, 4.69) is 12.2 Å². The van der Waals surface area contributed by atoms with Crippen LogP contribution in [0.25, 0.3) is 0 Å². The topological polar surface area (TPSA) is 41.6 Å². The van der Waals surface area contributed by atoms with Crippen molar-refractivity contribution in [3.63, 3.8) is 0 Å². The lowest BCUT2D eigenvalue weighted by Crippen LogP contribution is -2.50. The third-order valence-corrected chi connectivity index (χ3v) is 5.73. The number of para-hydroxylation sites is 1.